The number of nitrogens with one attached hydrogen (secondary N) is 1. The minimum absolute atomic E-state index is 0.194. The maximum atomic E-state index is 6.10. The summed E-state index contributed by atoms with van der Waals surface area (Å²) in [5, 5.41) is 3.71. The highest BCUT2D eigenvalue weighted by Crippen LogP contribution is 2.59. The molecule has 2 nitrogen and oxygen atoms in total. The van der Waals surface area contributed by atoms with Gasteiger partial charge in [0.25, 0.3) is 0 Å². The Kier molecular flexibility index (Phi) is 4.11. The van der Waals surface area contributed by atoms with Gasteiger partial charge >= 0.3 is 0 Å². The second kappa shape index (κ2) is 5.73. The molecule has 0 saturated heterocycles. The van der Waals surface area contributed by atoms with Crippen molar-refractivity contribution in [1.29, 1.82) is 0 Å². The van der Waals surface area contributed by atoms with E-state index in [1.165, 1.54) is 24.8 Å². The predicted octanol–water partition coefficient (Wildman–Crippen LogP) is 4.01. The molecule has 1 aromatic rings. The fraction of sp³-hybridized carbons (Fsp3) is 0.684. The van der Waals surface area contributed by atoms with E-state index in [0.29, 0.717) is 5.41 Å². The molecule has 0 amide bonds. The van der Waals surface area contributed by atoms with Crippen molar-refractivity contribution in [1.82, 2.24) is 5.32 Å². The van der Waals surface area contributed by atoms with Gasteiger partial charge in [0, 0.05) is 17.5 Å². The van der Waals surface area contributed by atoms with E-state index in [1.54, 1.807) is 0 Å². The SMILES string of the molecule is CC(C)(C)NCC1(COCc2ccccc2)CC2CC2C1. The highest BCUT2D eigenvalue weighted by molar-refractivity contribution is 5.13. The van der Waals surface area contributed by atoms with E-state index in [0.717, 1.165) is 31.6 Å². The Morgan fingerprint density at radius 2 is 1.81 bits per heavy atom. The summed E-state index contributed by atoms with van der Waals surface area (Å²) in [6, 6.07) is 10.5. The normalized spacial score (nSPS) is 31.2. The summed E-state index contributed by atoms with van der Waals surface area (Å²) >= 11 is 0. The summed E-state index contributed by atoms with van der Waals surface area (Å²) < 4.78 is 6.10. The van der Waals surface area contributed by atoms with E-state index in [-0.39, 0.29) is 5.54 Å². The molecule has 3 rings (SSSR count). The predicted molar refractivity (Wildman–Crippen MR) is 87.1 cm³/mol. The first-order valence-corrected chi connectivity index (χ1v) is 8.33. The van der Waals surface area contributed by atoms with E-state index < -0.39 is 0 Å². The van der Waals surface area contributed by atoms with Crippen molar-refractivity contribution in [2.75, 3.05) is 13.2 Å². The fourth-order valence-corrected chi connectivity index (χ4v) is 3.73. The summed E-state index contributed by atoms with van der Waals surface area (Å²) in [7, 11) is 0. The number of hydrogen-bond acceptors (Lipinski definition) is 2. The molecule has 1 N–H and O–H groups in total. The lowest BCUT2D eigenvalue weighted by atomic mass is 9.83. The lowest BCUT2D eigenvalue weighted by molar-refractivity contribution is 0.0262. The Hall–Kier alpha value is -0.860. The van der Waals surface area contributed by atoms with Gasteiger partial charge in [-0.2, -0.15) is 0 Å². The van der Waals surface area contributed by atoms with Gasteiger partial charge in [0.15, 0.2) is 0 Å². The van der Waals surface area contributed by atoms with Crippen LogP contribution in [0.4, 0.5) is 0 Å². The number of ether oxygens (including phenoxy) is 1. The summed E-state index contributed by atoms with van der Waals surface area (Å²) in [5.74, 6) is 1.99. The number of fused-ring (bicyclic) bond motifs is 1. The maximum Gasteiger partial charge on any atom is 0.0717 e. The van der Waals surface area contributed by atoms with Crippen LogP contribution in [0.2, 0.25) is 0 Å². The van der Waals surface area contributed by atoms with Crippen LogP contribution in [0.25, 0.3) is 0 Å². The molecule has 2 atom stereocenters. The van der Waals surface area contributed by atoms with Crippen LogP contribution in [-0.4, -0.2) is 18.7 Å². The monoisotopic (exact) mass is 287 g/mol. The van der Waals surface area contributed by atoms with Crippen molar-refractivity contribution in [3.05, 3.63) is 35.9 Å². The zero-order valence-corrected chi connectivity index (χ0v) is 13.7. The average Bonchev–Trinajstić information content (AvgIpc) is 3.05. The summed E-state index contributed by atoms with van der Waals surface area (Å²) in [4.78, 5) is 0. The first kappa shape index (κ1) is 15.1. The second-order valence-electron chi connectivity index (χ2n) is 8.25. The van der Waals surface area contributed by atoms with Crippen molar-refractivity contribution in [2.45, 2.75) is 52.2 Å². The maximum absolute atomic E-state index is 6.10. The third kappa shape index (κ3) is 4.08. The molecular weight excluding hydrogens is 258 g/mol. The quantitative estimate of drug-likeness (QED) is 0.853. The van der Waals surface area contributed by atoms with Gasteiger partial charge < -0.3 is 10.1 Å². The second-order valence-corrected chi connectivity index (χ2v) is 8.25. The van der Waals surface area contributed by atoms with E-state index in [4.69, 9.17) is 4.74 Å². The molecule has 0 heterocycles. The van der Waals surface area contributed by atoms with E-state index in [9.17, 15) is 0 Å². The third-order valence-electron chi connectivity index (χ3n) is 4.97. The molecular formula is C19H29NO. The van der Waals surface area contributed by atoms with Crippen LogP contribution in [0.3, 0.4) is 0 Å². The number of benzene rings is 1. The van der Waals surface area contributed by atoms with Gasteiger partial charge in [-0.25, -0.2) is 0 Å². The minimum atomic E-state index is 0.194. The van der Waals surface area contributed by atoms with Crippen LogP contribution in [0.1, 0.15) is 45.6 Å². The Labute approximate surface area is 129 Å². The van der Waals surface area contributed by atoms with Gasteiger partial charge in [-0.3, -0.25) is 0 Å². The summed E-state index contributed by atoms with van der Waals surface area (Å²) in [6.45, 7) is 9.49. The minimum Gasteiger partial charge on any atom is -0.376 e. The fourth-order valence-electron chi connectivity index (χ4n) is 3.73. The van der Waals surface area contributed by atoms with Gasteiger partial charge in [0.2, 0.25) is 0 Å². The molecule has 0 bridgehead atoms. The molecule has 21 heavy (non-hydrogen) atoms. The van der Waals surface area contributed by atoms with Gasteiger partial charge in [0.1, 0.15) is 0 Å². The lowest BCUT2D eigenvalue weighted by Gasteiger charge is -2.34. The molecule has 2 fully saturated rings. The van der Waals surface area contributed by atoms with E-state index in [1.807, 2.05) is 0 Å². The molecule has 0 radical (unpaired) electrons. The molecule has 2 heteroatoms. The molecule has 2 saturated carbocycles. The van der Waals surface area contributed by atoms with Gasteiger partial charge in [-0.1, -0.05) is 30.3 Å². The van der Waals surface area contributed by atoms with Crippen molar-refractivity contribution < 1.29 is 4.74 Å². The van der Waals surface area contributed by atoms with E-state index in [2.05, 4.69) is 56.4 Å². The first-order valence-electron chi connectivity index (χ1n) is 8.33. The number of rotatable bonds is 6. The van der Waals surface area contributed by atoms with Gasteiger partial charge in [-0.15, -0.1) is 0 Å². The molecule has 2 aliphatic carbocycles. The highest BCUT2D eigenvalue weighted by atomic mass is 16.5. The number of hydrogen-bond donors (Lipinski definition) is 1. The van der Waals surface area contributed by atoms with Crippen molar-refractivity contribution in [2.24, 2.45) is 17.3 Å². The van der Waals surface area contributed by atoms with Gasteiger partial charge in [-0.05, 0) is 57.4 Å². The van der Waals surface area contributed by atoms with Crippen molar-refractivity contribution in [3.8, 4) is 0 Å². The first-order chi connectivity index (χ1) is 9.96. The lowest BCUT2D eigenvalue weighted by Crippen LogP contribution is -2.45. The smallest absolute Gasteiger partial charge is 0.0717 e. The van der Waals surface area contributed by atoms with E-state index >= 15 is 0 Å². The summed E-state index contributed by atoms with van der Waals surface area (Å²) in [6.07, 6.45) is 4.18. The van der Waals surface area contributed by atoms with Crippen LogP contribution in [0, 0.1) is 17.3 Å². The molecule has 1 aromatic carbocycles. The topological polar surface area (TPSA) is 21.3 Å². The van der Waals surface area contributed by atoms with Crippen molar-refractivity contribution >= 4 is 0 Å². The molecule has 0 aromatic heterocycles. The standard InChI is InChI=1S/C19H29NO/c1-18(2,3)20-13-19(10-16-9-17(16)11-19)14-21-12-15-7-5-4-6-8-15/h4-8,16-17,20H,9-14H2,1-3H3. The average molecular weight is 287 g/mol. The molecule has 116 valence electrons. The molecule has 2 unspecified atom stereocenters. The van der Waals surface area contributed by atoms with Crippen LogP contribution < -0.4 is 5.32 Å². The van der Waals surface area contributed by atoms with Crippen LogP contribution in [0.15, 0.2) is 30.3 Å². The Balaban J connectivity index is 1.53. The van der Waals surface area contributed by atoms with Crippen LogP contribution >= 0.6 is 0 Å². The Bertz CT molecular complexity index is 452. The molecule has 0 aliphatic heterocycles. The molecule has 0 spiro atoms. The largest absolute Gasteiger partial charge is 0.376 e. The van der Waals surface area contributed by atoms with Crippen LogP contribution in [0.5, 0.6) is 0 Å². The zero-order chi connectivity index (χ0) is 14.9. The zero-order valence-electron chi connectivity index (χ0n) is 13.7. The van der Waals surface area contributed by atoms with Gasteiger partial charge in [0.05, 0.1) is 13.2 Å². The summed E-state index contributed by atoms with van der Waals surface area (Å²) in [5.41, 5.74) is 1.84. The highest BCUT2D eigenvalue weighted by Gasteiger charge is 2.53. The van der Waals surface area contributed by atoms with Crippen molar-refractivity contribution in [3.63, 3.8) is 0 Å². The third-order valence-corrected chi connectivity index (χ3v) is 4.97. The molecule has 2 aliphatic rings. The Morgan fingerprint density at radius 3 is 2.43 bits per heavy atom. The van der Waals surface area contributed by atoms with Crippen LogP contribution in [-0.2, 0) is 11.3 Å². The Morgan fingerprint density at radius 1 is 1.14 bits per heavy atom.